The Morgan fingerprint density at radius 1 is 1.58 bits per heavy atom. The molecule has 0 bridgehead atoms. The van der Waals surface area contributed by atoms with Gasteiger partial charge in [0.05, 0.1) is 6.61 Å². The second kappa shape index (κ2) is 6.87. The highest BCUT2D eigenvalue weighted by atomic mass is 16.5. The fraction of sp³-hybridized carbons (Fsp3) is 0.857. The molecule has 0 saturated carbocycles. The van der Waals surface area contributed by atoms with Crippen LogP contribution in [0.1, 0.15) is 0 Å². The Labute approximate surface area is 72.3 Å². The number of alkyl carbamates (subject to hydrolysis) is 1. The van der Waals surface area contributed by atoms with Crippen molar-refractivity contribution < 1.29 is 14.6 Å². The third kappa shape index (κ3) is 5.94. The van der Waals surface area contributed by atoms with E-state index in [1.54, 1.807) is 0 Å². The van der Waals surface area contributed by atoms with Crippen LogP contribution in [0.15, 0.2) is 0 Å². The van der Waals surface area contributed by atoms with Crippen LogP contribution in [0.3, 0.4) is 0 Å². The summed E-state index contributed by atoms with van der Waals surface area (Å²) in [5.41, 5.74) is 0. The Morgan fingerprint density at radius 3 is 2.75 bits per heavy atom. The highest BCUT2D eigenvalue weighted by molar-refractivity contribution is 5.66. The van der Waals surface area contributed by atoms with Gasteiger partial charge in [-0.25, -0.2) is 4.79 Å². The van der Waals surface area contributed by atoms with Gasteiger partial charge < -0.3 is 20.1 Å². The number of hydrogen-bond donors (Lipinski definition) is 2. The van der Waals surface area contributed by atoms with Crippen molar-refractivity contribution in [1.29, 1.82) is 0 Å². The van der Waals surface area contributed by atoms with Gasteiger partial charge in [-0.1, -0.05) is 0 Å². The van der Waals surface area contributed by atoms with Crippen molar-refractivity contribution in [1.82, 2.24) is 10.2 Å². The van der Waals surface area contributed by atoms with E-state index in [-0.39, 0.29) is 6.61 Å². The molecular formula is C7H16N2O3. The van der Waals surface area contributed by atoms with Crippen molar-refractivity contribution in [3.8, 4) is 0 Å². The van der Waals surface area contributed by atoms with Gasteiger partial charge in [0.2, 0.25) is 0 Å². The van der Waals surface area contributed by atoms with Crippen molar-refractivity contribution >= 4 is 6.09 Å². The smallest absolute Gasteiger partial charge is 0.406 e. The van der Waals surface area contributed by atoms with Crippen molar-refractivity contribution in [3.63, 3.8) is 0 Å². The summed E-state index contributed by atoms with van der Waals surface area (Å²) in [6, 6.07) is 0. The SMILES string of the molecule is CNC(=O)OCCN(C)CCO. The molecule has 0 aromatic rings. The van der Waals surface area contributed by atoms with Gasteiger partial charge in [0.15, 0.2) is 0 Å². The Kier molecular flexibility index (Phi) is 6.41. The maximum absolute atomic E-state index is 10.5. The normalized spacial score (nSPS) is 10.0. The van der Waals surface area contributed by atoms with E-state index in [0.717, 1.165) is 0 Å². The molecule has 0 saturated heterocycles. The summed E-state index contributed by atoms with van der Waals surface area (Å²) in [6.07, 6.45) is -0.424. The molecule has 0 radical (unpaired) electrons. The third-order valence-corrected chi connectivity index (χ3v) is 1.39. The maximum Gasteiger partial charge on any atom is 0.406 e. The molecule has 0 unspecified atom stereocenters. The van der Waals surface area contributed by atoms with Crippen LogP contribution < -0.4 is 5.32 Å². The van der Waals surface area contributed by atoms with Crippen molar-refractivity contribution in [2.45, 2.75) is 0 Å². The predicted octanol–water partition coefficient (Wildman–Crippen LogP) is -0.733. The number of likely N-dealkylation sites (N-methyl/N-ethyl adjacent to an activating group) is 1. The van der Waals surface area contributed by atoms with Crippen LogP contribution in [0.4, 0.5) is 4.79 Å². The molecular weight excluding hydrogens is 160 g/mol. The Hall–Kier alpha value is -0.810. The minimum Gasteiger partial charge on any atom is -0.448 e. The molecule has 0 aliphatic rings. The van der Waals surface area contributed by atoms with Gasteiger partial charge >= 0.3 is 6.09 Å². The first-order valence-corrected chi connectivity index (χ1v) is 3.84. The van der Waals surface area contributed by atoms with Crippen LogP contribution >= 0.6 is 0 Å². The summed E-state index contributed by atoms with van der Waals surface area (Å²) in [6.45, 7) is 1.69. The predicted molar refractivity (Wildman–Crippen MR) is 45.0 cm³/mol. The molecule has 0 aliphatic heterocycles. The van der Waals surface area contributed by atoms with E-state index in [0.29, 0.717) is 19.7 Å². The average molecular weight is 176 g/mol. The van der Waals surface area contributed by atoms with Crippen LogP contribution in [-0.2, 0) is 4.74 Å². The minimum atomic E-state index is -0.424. The lowest BCUT2D eigenvalue weighted by molar-refractivity contribution is 0.129. The molecule has 2 N–H and O–H groups in total. The fourth-order valence-corrected chi connectivity index (χ4v) is 0.649. The third-order valence-electron chi connectivity index (χ3n) is 1.39. The number of rotatable bonds is 5. The molecule has 0 atom stereocenters. The standard InChI is InChI=1S/C7H16N2O3/c1-8-7(11)12-6-4-9(2)3-5-10/h10H,3-6H2,1-2H3,(H,8,11). The summed E-state index contributed by atoms with van der Waals surface area (Å²) in [4.78, 5) is 12.4. The van der Waals surface area contributed by atoms with Gasteiger partial charge in [0.1, 0.15) is 6.61 Å². The summed E-state index contributed by atoms with van der Waals surface area (Å²) in [7, 11) is 3.36. The van der Waals surface area contributed by atoms with Crippen molar-refractivity contribution in [3.05, 3.63) is 0 Å². The maximum atomic E-state index is 10.5. The summed E-state index contributed by atoms with van der Waals surface area (Å²) < 4.78 is 4.73. The van der Waals surface area contributed by atoms with Gasteiger partial charge in [0.25, 0.3) is 0 Å². The quantitative estimate of drug-likeness (QED) is 0.579. The average Bonchev–Trinajstić information content (AvgIpc) is 2.04. The molecule has 0 aliphatic carbocycles. The minimum absolute atomic E-state index is 0.122. The number of nitrogens with zero attached hydrogens (tertiary/aromatic N) is 1. The molecule has 12 heavy (non-hydrogen) atoms. The van der Waals surface area contributed by atoms with Crippen LogP contribution in [0.5, 0.6) is 0 Å². The lowest BCUT2D eigenvalue weighted by atomic mass is 10.5. The number of hydrogen-bond acceptors (Lipinski definition) is 4. The first-order chi connectivity index (χ1) is 5.70. The molecule has 0 rings (SSSR count). The van der Waals surface area contributed by atoms with Gasteiger partial charge in [-0.15, -0.1) is 0 Å². The first kappa shape index (κ1) is 11.2. The summed E-state index contributed by atoms with van der Waals surface area (Å²) in [5, 5.41) is 10.9. The van der Waals surface area contributed by atoms with E-state index in [1.165, 1.54) is 7.05 Å². The highest BCUT2D eigenvalue weighted by Crippen LogP contribution is 1.82. The number of nitrogens with one attached hydrogen (secondary N) is 1. The zero-order chi connectivity index (χ0) is 9.40. The summed E-state index contributed by atoms with van der Waals surface area (Å²) >= 11 is 0. The van der Waals surface area contributed by atoms with Crippen LogP contribution in [0.2, 0.25) is 0 Å². The van der Waals surface area contributed by atoms with E-state index < -0.39 is 6.09 Å². The molecule has 0 spiro atoms. The van der Waals surface area contributed by atoms with Gasteiger partial charge in [-0.2, -0.15) is 0 Å². The van der Waals surface area contributed by atoms with E-state index in [9.17, 15) is 4.79 Å². The lowest BCUT2D eigenvalue weighted by Gasteiger charge is -2.14. The monoisotopic (exact) mass is 176 g/mol. The lowest BCUT2D eigenvalue weighted by Crippen LogP contribution is -2.29. The Balaban J connectivity index is 3.24. The molecule has 0 fully saturated rings. The van der Waals surface area contributed by atoms with Crippen LogP contribution in [-0.4, -0.2) is 56.5 Å². The first-order valence-electron chi connectivity index (χ1n) is 3.84. The van der Waals surface area contributed by atoms with Crippen molar-refractivity contribution in [2.75, 3.05) is 40.4 Å². The van der Waals surface area contributed by atoms with Gasteiger partial charge in [-0.3, -0.25) is 0 Å². The summed E-state index contributed by atoms with van der Waals surface area (Å²) in [5.74, 6) is 0. The zero-order valence-electron chi connectivity index (χ0n) is 7.54. The second-order valence-corrected chi connectivity index (χ2v) is 2.41. The molecule has 5 nitrogen and oxygen atoms in total. The van der Waals surface area contributed by atoms with Crippen LogP contribution in [0.25, 0.3) is 0 Å². The van der Waals surface area contributed by atoms with E-state index in [2.05, 4.69) is 5.32 Å². The van der Waals surface area contributed by atoms with E-state index >= 15 is 0 Å². The van der Waals surface area contributed by atoms with Crippen LogP contribution in [0, 0.1) is 0 Å². The number of aliphatic hydroxyl groups is 1. The van der Waals surface area contributed by atoms with Crippen molar-refractivity contribution in [2.24, 2.45) is 0 Å². The molecule has 5 heteroatoms. The fourth-order valence-electron chi connectivity index (χ4n) is 0.649. The zero-order valence-corrected chi connectivity index (χ0v) is 7.54. The number of amides is 1. The molecule has 1 amide bonds. The number of carbonyl (C=O) groups is 1. The molecule has 0 aromatic heterocycles. The Bertz CT molecular complexity index is 130. The Morgan fingerprint density at radius 2 is 2.25 bits per heavy atom. The molecule has 72 valence electrons. The largest absolute Gasteiger partial charge is 0.448 e. The molecule has 0 heterocycles. The number of ether oxygens (including phenoxy) is 1. The van der Waals surface area contributed by atoms with E-state index in [1.807, 2.05) is 11.9 Å². The number of aliphatic hydroxyl groups excluding tert-OH is 1. The topological polar surface area (TPSA) is 61.8 Å². The van der Waals surface area contributed by atoms with Gasteiger partial charge in [0, 0.05) is 20.1 Å². The van der Waals surface area contributed by atoms with E-state index in [4.69, 9.17) is 9.84 Å². The highest BCUT2D eigenvalue weighted by Gasteiger charge is 1.99. The molecule has 0 aromatic carbocycles. The second-order valence-electron chi connectivity index (χ2n) is 2.41. The van der Waals surface area contributed by atoms with Gasteiger partial charge in [-0.05, 0) is 7.05 Å². The number of carbonyl (C=O) groups excluding carboxylic acids is 1.